The Labute approximate surface area is 110 Å². The van der Waals surface area contributed by atoms with Gasteiger partial charge in [-0.05, 0) is 24.6 Å². The van der Waals surface area contributed by atoms with Crippen LogP contribution in [0.3, 0.4) is 0 Å². The van der Waals surface area contributed by atoms with Gasteiger partial charge in [0, 0.05) is 30.3 Å². The number of halogens is 1. The summed E-state index contributed by atoms with van der Waals surface area (Å²) in [7, 11) is 1.64. The van der Waals surface area contributed by atoms with Gasteiger partial charge < -0.3 is 16.0 Å². The molecule has 0 bridgehead atoms. The Balaban J connectivity index is 2.88. The second-order valence-electron chi connectivity index (χ2n) is 3.67. The molecule has 4 nitrogen and oxygen atoms in total. The van der Waals surface area contributed by atoms with E-state index in [1.165, 1.54) is 0 Å². The lowest BCUT2D eigenvalue weighted by molar-refractivity contribution is -0.119. The van der Waals surface area contributed by atoms with Gasteiger partial charge in [-0.15, -0.1) is 0 Å². The third-order valence-corrected chi connectivity index (χ3v) is 3.35. The minimum atomic E-state index is 0.00544. The van der Waals surface area contributed by atoms with E-state index < -0.39 is 0 Å². The fourth-order valence-corrected chi connectivity index (χ4v) is 2.07. The Morgan fingerprint density at radius 2 is 2.24 bits per heavy atom. The van der Waals surface area contributed by atoms with Gasteiger partial charge in [-0.3, -0.25) is 4.79 Å². The number of carbonyl (C=O) groups is 1. The Kier molecular flexibility index (Phi) is 5.44. The number of amides is 1. The van der Waals surface area contributed by atoms with Gasteiger partial charge in [0.05, 0.1) is 6.54 Å². The standard InChI is InChI=1S/C12H18BrN3O/c1-3-16(8-12(17)15-2)10-5-4-9(7-14)11(13)6-10/h4-6H,3,7-8,14H2,1-2H3,(H,15,17). The molecule has 1 rings (SSSR count). The highest BCUT2D eigenvalue weighted by molar-refractivity contribution is 9.10. The van der Waals surface area contributed by atoms with E-state index in [1.807, 2.05) is 30.0 Å². The monoisotopic (exact) mass is 299 g/mol. The highest BCUT2D eigenvalue weighted by atomic mass is 79.9. The number of anilines is 1. The molecule has 0 atom stereocenters. The number of rotatable bonds is 5. The molecule has 3 N–H and O–H groups in total. The van der Waals surface area contributed by atoms with E-state index >= 15 is 0 Å². The SMILES string of the molecule is CCN(CC(=O)NC)c1ccc(CN)c(Br)c1. The van der Waals surface area contributed by atoms with Gasteiger partial charge in [-0.1, -0.05) is 22.0 Å². The smallest absolute Gasteiger partial charge is 0.239 e. The molecule has 17 heavy (non-hydrogen) atoms. The van der Waals surface area contributed by atoms with Crippen LogP contribution < -0.4 is 16.0 Å². The van der Waals surface area contributed by atoms with Crippen molar-refractivity contribution < 1.29 is 4.79 Å². The van der Waals surface area contributed by atoms with E-state index in [1.54, 1.807) is 7.05 Å². The van der Waals surface area contributed by atoms with E-state index in [-0.39, 0.29) is 5.91 Å². The van der Waals surface area contributed by atoms with Crippen molar-refractivity contribution in [3.8, 4) is 0 Å². The van der Waals surface area contributed by atoms with Gasteiger partial charge >= 0.3 is 0 Å². The molecule has 0 saturated carbocycles. The summed E-state index contributed by atoms with van der Waals surface area (Å²) in [6, 6.07) is 5.96. The molecule has 0 saturated heterocycles. The molecule has 1 aromatic carbocycles. The zero-order valence-corrected chi connectivity index (χ0v) is 11.8. The van der Waals surface area contributed by atoms with Crippen molar-refractivity contribution in [1.82, 2.24) is 5.32 Å². The fraction of sp³-hybridized carbons (Fsp3) is 0.417. The van der Waals surface area contributed by atoms with Gasteiger partial charge in [0.15, 0.2) is 0 Å². The fourth-order valence-electron chi connectivity index (χ4n) is 1.54. The van der Waals surface area contributed by atoms with Crippen LogP contribution in [0.15, 0.2) is 22.7 Å². The number of benzene rings is 1. The van der Waals surface area contributed by atoms with Crippen LogP contribution in [0, 0.1) is 0 Å². The van der Waals surface area contributed by atoms with Crippen molar-refractivity contribution in [2.45, 2.75) is 13.5 Å². The minimum absolute atomic E-state index is 0.00544. The van der Waals surface area contributed by atoms with Gasteiger partial charge in [0.1, 0.15) is 0 Å². The lowest BCUT2D eigenvalue weighted by Gasteiger charge is -2.22. The second-order valence-corrected chi connectivity index (χ2v) is 4.52. The average molecular weight is 300 g/mol. The van der Waals surface area contributed by atoms with Gasteiger partial charge in [0.25, 0.3) is 0 Å². The quantitative estimate of drug-likeness (QED) is 0.866. The molecule has 0 radical (unpaired) electrons. The molecule has 0 heterocycles. The molecule has 0 spiro atoms. The zero-order chi connectivity index (χ0) is 12.8. The molecule has 0 fully saturated rings. The van der Waals surface area contributed by atoms with E-state index in [0.717, 1.165) is 22.3 Å². The summed E-state index contributed by atoms with van der Waals surface area (Å²) >= 11 is 3.48. The van der Waals surface area contributed by atoms with Crippen molar-refractivity contribution in [1.29, 1.82) is 0 Å². The first-order chi connectivity index (χ1) is 8.12. The summed E-state index contributed by atoms with van der Waals surface area (Å²) in [5.41, 5.74) is 7.68. The van der Waals surface area contributed by atoms with Crippen LogP contribution in [-0.2, 0) is 11.3 Å². The van der Waals surface area contributed by atoms with E-state index in [9.17, 15) is 4.79 Å². The van der Waals surface area contributed by atoms with Crippen molar-refractivity contribution in [3.63, 3.8) is 0 Å². The Bertz CT molecular complexity index is 395. The average Bonchev–Trinajstić information content (AvgIpc) is 2.35. The largest absolute Gasteiger partial charge is 0.362 e. The first-order valence-corrected chi connectivity index (χ1v) is 6.35. The van der Waals surface area contributed by atoms with Crippen LogP contribution in [0.4, 0.5) is 5.69 Å². The third kappa shape index (κ3) is 3.71. The number of likely N-dealkylation sites (N-methyl/N-ethyl adjacent to an activating group) is 2. The second kappa shape index (κ2) is 6.61. The molecule has 0 unspecified atom stereocenters. The van der Waals surface area contributed by atoms with Crippen LogP contribution in [0.5, 0.6) is 0 Å². The summed E-state index contributed by atoms with van der Waals surface area (Å²) in [5, 5.41) is 2.62. The molecule has 1 aromatic rings. The zero-order valence-electron chi connectivity index (χ0n) is 10.2. The number of hydrogen-bond acceptors (Lipinski definition) is 3. The van der Waals surface area contributed by atoms with Gasteiger partial charge in [-0.2, -0.15) is 0 Å². The third-order valence-electron chi connectivity index (χ3n) is 2.62. The summed E-state index contributed by atoms with van der Waals surface area (Å²) in [6.07, 6.45) is 0. The summed E-state index contributed by atoms with van der Waals surface area (Å²) in [4.78, 5) is 13.4. The van der Waals surface area contributed by atoms with Crippen molar-refractivity contribution in [2.75, 3.05) is 25.0 Å². The van der Waals surface area contributed by atoms with Gasteiger partial charge in [-0.25, -0.2) is 0 Å². The Hall–Kier alpha value is -1.07. The number of nitrogens with one attached hydrogen (secondary N) is 1. The van der Waals surface area contributed by atoms with E-state index in [0.29, 0.717) is 13.1 Å². The van der Waals surface area contributed by atoms with Gasteiger partial charge in [0.2, 0.25) is 5.91 Å². The molecule has 0 aliphatic heterocycles. The maximum Gasteiger partial charge on any atom is 0.239 e. The maximum absolute atomic E-state index is 11.4. The maximum atomic E-state index is 11.4. The Morgan fingerprint density at radius 3 is 2.71 bits per heavy atom. The van der Waals surface area contributed by atoms with Crippen molar-refractivity contribution in [3.05, 3.63) is 28.2 Å². The summed E-state index contributed by atoms with van der Waals surface area (Å²) in [6.45, 7) is 3.67. The number of nitrogens with zero attached hydrogens (tertiary/aromatic N) is 1. The van der Waals surface area contributed by atoms with Crippen LogP contribution in [-0.4, -0.2) is 26.0 Å². The molecule has 94 valence electrons. The Morgan fingerprint density at radius 1 is 1.53 bits per heavy atom. The van der Waals surface area contributed by atoms with Crippen LogP contribution in [0.25, 0.3) is 0 Å². The number of hydrogen-bond donors (Lipinski definition) is 2. The van der Waals surface area contributed by atoms with E-state index in [4.69, 9.17) is 5.73 Å². The minimum Gasteiger partial charge on any atom is -0.362 e. The number of carbonyl (C=O) groups excluding carboxylic acids is 1. The normalized spacial score (nSPS) is 10.1. The molecular formula is C12H18BrN3O. The van der Waals surface area contributed by atoms with Crippen molar-refractivity contribution >= 4 is 27.5 Å². The van der Waals surface area contributed by atoms with Crippen LogP contribution in [0.2, 0.25) is 0 Å². The molecular weight excluding hydrogens is 282 g/mol. The molecule has 1 amide bonds. The van der Waals surface area contributed by atoms with Crippen LogP contribution in [0.1, 0.15) is 12.5 Å². The first-order valence-electron chi connectivity index (χ1n) is 5.56. The summed E-state index contributed by atoms with van der Waals surface area (Å²) in [5.74, 6) is 0.00544. The predicted octanol–water partition coefficient (Wildman–Crippen LogP) is 1.48. The van der Waals surface area contributed by atoms with E-state index in [2.05, 4.69) is 21.2 Å². The summed E-state index contributed by atoms with van der Waals surface area (Å²) < 4.78 is 0.979. The molecule has 0 aliphatic carbocycles. The first kappa shape index (κ1) is 14.0. The molecule has 5 heteroatoms. The van der Waals surface area contributed by atoms with Crippen LogP contribution >= 0.6 is 15.9 Å². The predicted molar refractivity (Wildman–Crippen MR) is 74.0 cm³/mol. The highest BCUT2D eigenvalue weighted by Crippen LogP contribution is 2.23. The molecule has 0 aromatic heterocycles. The van der Waals surface area contributed by atoms with Crippen molar-refractivity contribution in [2.24, 2.45) is 5.73 Å². The highest BCUT2D eigenvalue weighted by Gasteiger charge is 2.10. The molecule has 0 aliphatic rings. The number of nitrogens with two attached hydrogens (primary N) is 1. The topological polar surface area (TPSA) is 58.4 Å². The lowest BCUT2D eigenvalue weighted by Crippen LogP contribution is -2.35. The lowest BCUT2D eigenvalue weighted by atomic mass is 10.2.